The third-order valence-corrected chi connectivity index (χ3v) is 4.18. The van der Waals surface area contributed by atoms with Crippen LogP contribution in [0.15, 0.2) is 53.6 Å². The van der Waals surface area contributed by atoms with Gasteiger partial charge in [0.05, 0.1) is 10.9 Å². The van der Waals surface area contributed by atoms with Crippen molar-refractivity contribution in [1.82, 2.24) is 10.3 Å². The SMILES string of the molecule is C[C@H](NC(=O)c1ccccn1)c1ccc(S(C)(=O)=O)cc1. The summed E-state index contributed by atoms with van der Waals surface area (Å²) in [5.41, 5.74) is 1.17. The Morgan fingerprint density at radius 3 is 2.33 bits per heavy atom. The number of carbonyl (C=O) groups is 1. The number of hydrogen-bond acceptors (Lipinski definition) is 4. The van der Waals surface area contributed by atoms with Crippen molar-refractivity contribution in [3.05, 3.63) is 59.9 Å². The summed E-state index contributed by atoms with van der Waals surface area (Å²) < 4.78 is 22.8. The Hall–Kier alpha value is -2.21. The Morgan fingerprint density at radius 1 is 1.14 bits per heavy atom. The van der Waals surface area contributed by atoms with Gasteiger partial charge in [-0.25, -0.2) is 8.42 Å². The summed E-state index contributed by atoms with van der Waals surface area (Å²) in [4.78, 5) is 16.2. The lowest BCUT2D eigenvalue weighted by Crippen LogP contribution is -2.27. The van der Waals surface area contributed by atoms with Crippen LogP contribution in [0.1, 0.15) is 29.0 Å². The molecule has 2 rings (SSSR count). The van der Waals surface area contributed by atoms with Crippen molar-refractivity contribution in [2.24, 2.45) is 0 Å². The van der Waals surface area contributed by atoms with Crippen LogP contribution in [0.2, 0.25) is 0 Å². The van der Waals surface area contributed by atoms with Crippen molar-refractivity contribution in [3.63, 3.8) is 0 Å². The van der Waals surface area contributed by atoms with Crippen molar-refractivity contribution in [1.29, 1.82) is 0 Å². The molecule has 0 fully saturated rings. The molecule has 0 aliphatic carbocycles. The Bertz CT molecular complexity index is 725. The second kappa shape index (κ2) is 6.05. The highest BCUT2D eigenvalue weighted by Crippen LogP contribution is 2.16. The van der Waals surface area contributed by atoms with Crippen LogP contribution in [-0.4, -0.2) is 25.6 Å². The molecule has 6 heteroatoms. The van der Waals surface area contributed by atoms with E-state index in [1.165, 1.54) is 12.1 Å². The van der Waals surface area contributed by atoms with Gasteiger partial charge in [-0.05, 0) is 36.8 Å². The molecule has 0 aliphatic heterocycles. The molecule has 1 aromatic heterocycles. The standard InChI is InChI=1S/C15H16N2O3S/c1-11(17-15(18)14-5-3-4-10-16-14)12-6-8-13(9-7-12)21(2,19)20/h3-11H,1-2H3,(H,17,18)/t11-/m0/s1. The fourth-order valence-electron chi connectivity index (χ4n) is 1.85. The van der Waals surface area contributed by atoms with E-state index in [0.29, 0.717) is 5.69 Å². The number of benzene rings is 1. The quantitative estimate of drug-likeness (QED) is 0.937. The lowest BCUT2D eigenvalue weighted by molar-refractivity contribution is 0.0935. The van der Waals surface area contributed by atoms with Crippen LogP contribution < -0.4 is 5.32 Å². The van der Waals surface area contributed by atoms with Crippen LogP contribution in [0.3, 0.4) is 0 Å². The van der Waals surface area contributed by atoms with E-state index in [-0.39, 0.29) is 16.8 Å². The van der Waals surface area contributed by atoms with Crippen molar-refractivity contribution >= 4 is 15.7 Å². The summed E-state index contributed by atoms with van der Waals surface area (Å²) in [7, 11) is -3.21. The first-order chi connectivity index (χ1) is 9.88. The maximum Gasteiger partial charge on any atom is 0.270 e. The van der Waals surface area contributed by atoms with Gasteiger partial charge in [-0.1, -0.05) is 18.2 Å². The van der Waals surface area contributed by atoms with Gasteiger partial charge in [-0.3, -0.25) is 9.78 Å². The molecule has 5 nitrogen and oxygen atoms in total. The molecule has 0 unspecified atom stereocenters. The molecule has 2 aromatic rings. The molecule has 0 aliphatic rings. The van der Waals surface area contributed by atoms with Crippen LogP contribution in [-0.2, 0) is 9.84 Å². The Morgan fingerprint density at radius 2 is 1.81 bits per heavy atom. The summed E-state index contributed by atoms with van der Waals surface area (Å²) in [6, 6.07) is 11.3. The molecule has 1 N–H and O–H groups in total. The molecule has 21 heavy (non-hydrogen) atoms. The van der Waals surface area contributed by atoms with Crippen LogP contribution in [0.25, 0.3) is 0 Å². The molecule has 1 amide bonds. The summed E-state index contributed by atoms with van der Waals surface area (Å²) in [6.45, 7) is 1.83. The van der Waals surface area contributed by atoms with Crippen LogP contribution in [0.4, 0.5) is 0 Å². The molecular formula is C15H16N2O3S. The monoisotopic (exact) mass is 304 g/mol. The maximum absolute atomic E-state index is 12.0. The molecule has 0 saturated carbocycles. The summed E-state index contributed by atoms with van der Waals surface area (Å²) in [5, 5.41) is 2.82. The van der Waals surface area contributed by atoms with Crippen LogP contribution in [0, 0.1) is 0 Å². The zero-order valence-corrected chi connectivity index (χ0v) is 12.6. The predicted octanol–water partition coefficient (Wildman–Crippen LogP) is 1.98. The van der Waals surface area contributed by atoms with E-state index in [0.717, 1.165) is 11.8 Å². The molecule has 1 aromatic carbocycles. The van der Waals surface area contributed by atoms with E-state index >= 15 is 0 Å². The predicted molar refractivity (Wildman–Crippen MR) is 79.7 cm³/mol. The molecule has 1 heterocycles. The number of nitrogens with zero attached hydrogens (tertiary/aromatic N) is 1. The fraction of sp³-hybridized carbons (Fsp3) is 0.200. The summed E-state index contributed by atoms with van der Waals surface area (Å²) >= 11 is 0. The molecule has 0 saturated heterocycles. The second-order valence-corrected chi connectivity index (χ2v) is 6.77. The number of sulfone groups is 1. The first kappa shape index (κ1) is 15.2. The number of rotatable bonds is 4. The number of nitrogens with one attached hydrogen (secondary N) is 1. The molecule has 0 radical (unpaired) electrons. The van der Waals surface area contributed by atoms with Crippen molar-refractivity contribution in [2.75, 3.05) is 6.26 Å². The summed E-state index contributed by atoms with van der Waals surface area (Å²) in [6.07, 6.45) is 2.72. The van der Waals surface area contributed by atoms with E-state index in [1.54, 1.807) is 36.5 Å². The fourth-order valence-corrected chi connectivity index (χ4v) is 2.49. The zero-order valence-electron chi connectivity index (χ0n) is 11.8. The number of hydrogen-bond donors (Lipinski definition) is 1. The highest BCUT2D eigenvalue weighted by atomic mass is 32.2. The smallest absolute Gasteiger partial charge is 0.270 e. The average Bonchev–Trinajstić information content (AvgIpc) is 2.47. The van der Waals surface area contributed by atoms with Gasteiger partial charge in [0.1, 0.15) is 5.69 Å². The van der Waals surface area contributed by atoms with Crippen LogP contribution >= 0.6 is 0 Å². The van der Waals surface area contributed by atoms with Crippen LogP contribution in [0.5, 0.6) is 0 Å². The van der Waals surface area contributed by atoms with Crippen molar-refractivity contribution < 1.29 is 13.2 Å². The first-order valence-corrected chi connectivity index (χ1v) is 8.29. The van der Waals surface area contributed by atoms with E-state index in [9.17, 15) is 13.2 Å². The average molecular weight is 304 g/mol. The Kier molecular flexibility index (Phi) is 4.37. The van der Waals surface area contributed by atoms with Crippen molar-refractivity contribution in [3.8, 4) is 0 Å². The third kappa shape index (κ3) is 3.88. The van der Waals surface area contributed by atoms with Gasteiger partial charge in [0.15, 0.2) is 9.84 Å². The topological polar surface area (TPSA) is 76.1 Å². The van der Waals surface area contributed by atoms with Gasteiger partial charge in [0, 0.05) is 12.5 Å². The first-order valence-electron chi connectivity index (χ1n) is 6.40. The highest BCUT2D eigenvalue weighted by Gasteiger charge is 2.13. The molecule has 0 bridgehead atoms. The minimum Gasteiger partial charge on any atom is -0.344 e. The number of aromatic nitrogens is 1. The van der Waals surface area contributed by atoms with E-state index < -0.39 is 9.84 Å². The van der Waals surface area contributed by atoms with E-state index in [1.807, 2.05) is 6.92 Å². The largest absolute Gasteiger partial charge is 0.344 e. The Labute approximate surface area is 124 Å². The third-order valence-electron chi connectivity index (χ3n) is 3.05. The summed E-state index contributed by atoms with van der Waals surface area (Å²) in [5.74, 6) is -0.268. The van der Waals surface area contributed by atoms with Gasteiger partial charge in [0.2, 0.25) is 0 Å². The molecule has 1 atom stereocenters. The lowest BCUT2D eigenvalue weighted by Gasteiger charge is -2.14. The molecular weight excluding hydrogens is 288 g/mol. The van der Waals surface area contributed by atoms with Gasteiger partial charge < -0.3 is 5.32 Å². The maximum atomic E-state index is 12.0. The minimum atomic E-state index is -3.21. The Balaban J connectivity index is 2.10. The van der Waals surface area contributed by atoms with Gasteiger partial charge in [0.25, 0.3) is 5.91 Å². The number of carbonyl (C=O) groups excluding carboxylic acids is 1. The number of amides is 1. The lowest BCUT2D eigenvalue weighted by atomic mass is 10.1. The van der Waals surface area contributed by atoms with E-state index in [4.69, 9.17) is 0 Å². The van der Waals surface area contributed by atoms with E-state index in [2.05, 4.69) is 10.3 Å². The molecule has 110 valence electrons. The minimum absolute atomic E-state index is 0.242. The van der Waals surface area contributed by atoms with Crippen molar-refractivity contribution in [2.45, 2.75) is 17.9 Å². The normalized spacial score (nSPS) is 12.7. The van der Waals surface area contributed by atoms with Gasteiger partial charge in [-0.15, -0.1) is 0 Å². The number of pyridine rings is 1. The second-order valence-electron chi connectivity index (χ2n) is 4.75. The van der Waals surface area contributed by atoms with Gasteiger partial charge >= 0.3 is 0 Å². The molecule has 0 spiro atoms. The van der Waals surface area contributed by atoms with Gasteiger partial charge in [-0.2, -0.15) is 0 Å². The zero-order chi connectivity index (χ0) is 15.5. The highest BCUT2D eigenvalue weighted by molar-refractivity contribution is 7.90.